The number of nitrogens with one attached hydrogen (secondary N) is 1. The van der Waals surface area contributed by atoms with Crippen molar-refractivity contribution in [1.82, 2.24) is 15.3 Å². The molecule has 1 amide bonds. The molecule has 0 aliphatic carbocycles. The molecule has 1 aromatic rings. The van der Waals surface area contributed by atoms with E-state index in [1.54, 1.807) is 27.0 Å². The molecule has 0 saturated heterocycles. The van der Waals surface area contributed by atoms with Crippen molar-refractivity contribution >= 4 is 16.2 Å². The summed E-state index contributed by atoms with van der Waals surface area (Å²) in [7, 11) is -3.49. The number of hydrogen-bond acceptors (Lipinski definition) is 7. The Morgan fingerprint density at radius 3 is 2.35 bits per heavy atom. The van der Waals surface area contributed by atoms with E-state index < -0.39 is 21.8 Å². The van der Waals surface area contributed by atoms with Crippen molar-refractivity contribution in [1.29, 1.82) is 0 Å². The molecule has 1 heterocycles. The number of carbonyl (C=O) groups excluding carboxylic acids is 1. The van der Waals surface area contributed by atoms with Gasteiger partial charge < -0.3 is 10.1 Å². The van der Waals surface area contributed by atoms with E-state index in [-0.39, 0.29) is 6.61 Å². The number of amides is 1. The molecule has 0 radical (unpaired) electrons. The summed E-state index contributed by atoms with van der Waals surface area (Å²) in [6.45, 7) is 5.74. The van der Waals surface area contributed by atoms with Gasteiger partial charge in [0.2, 0.25) is 0 Å². The van der Waals surface area contributed by atoms with Crippen LogP contribution in [0.15, 0.2) is 12.4 Å². The van der Waals surface area contributed by atoms with Gasteiger partial charge in [0, 0.05) is 12.7 Å². The Balaban J connectivity index is 2.29. The van der Waals surface area contributed by atoms with Crippen molar-refractivity contribution in [2.24, 2.45) is 0 Å². The second-order valence-electron chi connectivity index (χ2n) is 6.00. The smallest absolute Gasteiger partial charge is 0.407 e. The van der Waals surface area contributed by atoms with Crippen molar-refractivity contribution in [3.8, 4) is 0 Å². The Hall–Kier alpha value is -1.74. The average molecular weight is 345 g/mol. The lowest BCUT2D eigenvalue weighted by atomic mass is 10.2. The molecule has 8 nitrogen and oxygen atoms in total. The van der Waals surface area contributed by atoms with Crippen molar-refractivity contribution in [2.45, 2.75) is 45.8 Å². The standard InChI is InChI=1S/C14H23N3O5S/c1-14(2,3)22-13(18)15-7-5-6-11-8-17-12(9-16-11)10-21-23(4,19)20/h8-9H,5-7,10H2,1-4H3,(H,15,18). The first-order chi connectivity index (χ1) is 10.6. The quantitative estimate of drug-likeness (QED) is 0.588. The lowest BCUT2D eigenvalue weighted by Gasteiger charge is -2.19. The summed E-state index contributed by atoms with van der Waals surface area (Å²) in [5.74, 6) is 0. The third-order valence-corrected chi connectivity index (χ3v) is 3.00. The molecule has 1 rings (SSSR count). The Morgan fingerprint density at radius 2 is 1.83 bits per heavy atom. The van der Waals surface area contributed by atoms with Gasteiger partial charge in [-0.15, -0.1) is 0 Å². The number of ether oxygens (including phenoxy) is 1. The molecule has 0 bridgehead atoms. The van der Waals surface area contributed by atoms with Crippen LogP contribution in [0.3, 0.4) is 0 Å². The van der Waals surface area contributed by atoms with Crippen LogP contribution in [0.25, 0.3) is 0 Å². The van der Waals surface area contributed by atoms with Crippen LogP contribution >= 0.6 is 0 Å². The molecule has 23 heavy (non-hydrogen) atoms. The number of alkyl carbamates (subject to hydrolysis) is 1. The van der Waals surface area contributed by atoms with Gasteiger partial charge in [0.15, 0.2) is 0 Å². The second-order valence-corrected chi connectivity index (χ2v) is 7.64. The lowest BCUT2D eigenvalue weighted by Crippen LogP contribution is -2.33. The van der Waals surface area contributed by atoms with Crippen molar-refractivity contribution < 1.29 is 22.1 Å². The van der Waals surface area contributed by atoms with Crippen molar-refractivity contribution in [2.75, 3.05) is 12.8 Å². The van der Waals surface area contributed by atoms with E-state index in [1.165, 1.54) is 6.20 Å². The Bertz CT molecular complexity index is 608. The molecule has 0 atom stereocenters. The van der Waals surface area contributed by atoms with Crippen LogP contribution < -0.4 is 5.32 Å². The van der Waals surface area contributed by atoms with Crippen LogP contribution in [0.4, 0.5) is 4.79 Å². The molecule has 0 fully saturated rings. The SMILES string of the molecule is CC(C)(C)OC(=O)NCCCc1cnc(COS(C)(=O)=O)cn1. The molecular weight excluding hydrogens is 322 g/mol. The average Bonchev–Trinajstić information content (AvgIpc) is 2.40. The molecule has 0 aromatic carbocycles. The van der Waals surface area contributed by atoms with E-state index in [1.807, 2.05) is 0 Å². The first kappa shape index (κ1) is 19.3. The Labute approximate surface area is 136 Å². The minimum absolute atomic E-state index is 0.133. The molecule has 1 aromatic heterocycles. The number of aromatic nitrogens is 2. The molecule has 0 saturated carbocycles. The van der Waals surface area contributed by atoms with Crippen LogP contribution in [0, 0.1) is 0 Å². The second kappa shape index (κ2) is 8.21. The van der Waals surface area contributed by atoms with Crippen LogP contribution in [0.1, 0.15) is 38.6 Å². The minimum Gasteiger partial charge on any atom is -0.444 e. The zero-order valence-corrected chi connectivity index (χ0v) is 14.6. The van der Waals surface area contributed by atoms with Crippen molar-refractivity contribution in [3.05, 3.63) is 23.8 Å². The Kier molecular flexibility index (Phi) is 6.89. The number of nitrogens with zero attached hydrogens (tertiary/aromatic N) is 2. The maximum Gasteiger partial charge on any atom is 0.407 e. The fraction of sp³-hybridized carbons (Fsp3) is 0.643. The fourth-order valence-electron chi connectivity index (χ4n) is 1.53. The third kappa shape index (κ3) is 9.80. The Morgan fingerprint density at radius 1 is 1.22 bits per heavy atom. The summed E-state index contributed by atoms with van der Waals surface area (Å²) >= 11 is 0. The van der Waals surface area contributed by atoms with Crippen LogP contribution in [-0.4, -0.2) is 42.9 Å². The van der Waals surface area contributed by atoms with Gasteiger partial charge in [-0.2, -0.15) is 8.42 Å². The van der Waals surface area contributed by atoms with Gasteiger partial charge in [-0.25, -0.2) is 4.79 Å². The highest BCUT2D eigenvalue weighted by molar-refractivity contribution is 7.85. The predicted molar refractivity (Wildman–Crippen MR) is 84.2 cm³/mol. The van der Waals surface area contributed by atoms with Crippen molar-refractivity contribution in [3.63, 3.8) is 0 Å². The van der Waals surface area contributed by atoms with E-state index in [0.29, 0.717) is 25.1 Å². The van der Waals surface area contributed by atoms with Gasteiger partial charge >= 0.3 is 6.09 Å². The highest BCUT2D eigenvalue weighted by atomic mass is 32.2. The van der Waals surface area contributed by atoms with E-state index >= 15 is 0 Å². The third-order valence-electron chi connectivity index (χ3n) is 2.46. The van der Waals surface area contributed by atoms with Crippen LogP contribution in [0.5, 0.6) is 0 Å². The van der Waals surface area contributed by atoms with Gasteiger partial charge in [0.1, 0.15) is 12.2 Å². The number of carbonyl (C=O) groups is 1. The predicted octanol–water partition coefficient (Wildman–Crippen LogP) is 1.41. The first-order valence-electron chi connectivity index (χ1n) is 7.16. The van der Waals surface area contributed by atoms with E-state index in [2.05, 4.69) is 19.5 Å². The summed E-state index contributed by atoms with van der Waals surface area (Å²) in [5.41, 5.74) is 0.671. The molecule has 0 aliphatic heterocycles. The van der Waals surface area contributed by atoms with Gasteiger partial charge in [-0.1, -0.05) is 0 Å². The molecule has 1 N–H and O–H groups in total. The number of rotatable bonds is 7. The number of aryl methyl sites for hydroxylation is 1. The topological polar surface area (TPSA) is 107 Å². The zero-order chi connectivity index (χ0) is 17.5. The highest BCUT2D eigenvalue weighted by Gasteiger charge is 2.15. The highest BCUT2D eigenvalue weighted by Crippen LogP contribution is 2.06. The normalized spacial score (nSPS) is 12.0. The summed E-state index contributed by atoms with van der Waals surface area (Å²) in [4.78, 5) is 19.7. The van der Waals surface area contributed by atoms with Gasteiger partial charge in [0.25, 0.3) is 10.1 Å². The summed E-state index contributed by atoms with van der Waals surface area (Å²) in [6.07, 6.45) is 4.89. The molecule has 0 unspecified atom stereocenters. The van der Waals surface area contributed by atoms with E-state index in [4.69, 9.17) is 4.74 Å². The summed E-state index contributed by atoms with van der Waals surface area (Å²) in [5, 5.41) is 2.66. The van der Waals surface area contributed by atoms with Gasteiger partial charge in [-0.05, 0) is 33.6 Å². The lowest BCUT2D eigenvalue weighted by molar-refractivity contribution is 0.0527. The summed E-state index contributed by atoms with van der Waals surface area (Å²) < 4.78 is 31.5. The van der Waals surface area contributed by atoms with E-state index in [9.17, 15) is 13.2 Å². The molecule has 0 spiro atoms. The molecule has 0 aliphatic rings. The summed E-state index contributed by atoms with van der Waals surface area (Å²) in [6, 6.07) is 0. The minimum atomic E-state index is -3.49. The van der Waals surface area contributed by atoms with Crippen LogP contribution in [-0.2, 0) is 32.1 Å². The molecule has 9 heteroatoms. The molecule has 130 valence electrons. The maximum absolute atomic E-state index is 11.4. The fourth-order valence-corrected chi connectivity index (χ4v) is 1.86. The van der Waals surface area contributed by atoms with E-state index in [0.717, 1.165) is 11.9 Å². The van der Waals surface area contributed by atoms with Crippen LogP contribution in [0.2, 0.25) is 0 Å². The largest absolute Gasteiger partial charge is 0.444 e. The van der Waals surface area contributed by atoms with Gasteiger partial charge in [-0.3, -0.25) is 14.2 Å². The van der Waals surface area contributed by atoms with Gasteiger partial charge in [0.05, 0.1) is 23.8 Å². The first-order valence-corrected chi connectivity index (χ1v) is 8.98. The monoisotopic (exact) mass is 345 g/mol. The maximum atomic E-state index is 11.4. The zero-order valence-electron chi connectivity index (χ0n) is 13.8. The molecular formula is C14H23N3O5S. The number of hydrogen-bond donors (Lipinski definition) is 1.